The Kier molecular flexibility index (Phi) is 5.77. The lowest BCUT2D eigenvalue weighted by Crippen LogP contribution is -2.52. The highest BCUT2D eigenvalue weighted by Gasteiger charge is 2.29. The number of nitrogens with one attached hydrogen (secondary N) is 1. The highest BCUT2D eigenvalue weighted by atomic mass is 19.1. The van der Waals surface area contributed by atoms with E-state index in [2.05, 4.69) is 25.3 Å². The third kappa shape index (κ3) is 4.18. The molecule has 2 fully saturated rings. The normalized spacial score (nSPS) is 18.1. The van der Waals surface area contributed by atoms with Crippen LogP contribution in [0.1, 0.15) is 23.2 Å². The fourth-order valence-electron chi connectivity index (χ4n) is 4.53. The van der Waals surface area contributed by atoms with Gasteiger partial charge in [0.2, 0.25) is 0 Å². The lowest BCUT2D eigenvalue weighted by molar-refractivity contribution is 0.0321. The van der Waals surface area contributed by atoms with Gasteiger partial charge in [-0.2, -0.15) is 0 Å². The Morgan fingerprint density at radius 3 is 2.64 bits per heavy atom. The molecule has 5 rings (SSSR count). The van der Waals surface area contributed by atoms with Gasteiger partial charge in [-0.1, -0.05) is 0 Å². The number of nitrogens with two attached hydrogens (primary N) is 1. The van der Waals surface area contributed by atoms with E-state index in [-0.39, 0.29) is 28.4 Å². The van der Waals surface area contributed by atoms with Gasteiger partial charge in [-0.15, -0.1) is 5.10 Å². The molecular formula is C21H24F2N8O2. The predicted octanol–water partition coefficient (Wildman–Crippen LogP) is 1.54. The molecule has 0 spiro atoms. The Bertz CT molecular complexity index is 1170. The van der Waals surface area contributed by atoms with E-state index in [1.807, 2.05) is 4.90 Å². The number of hydrogen-bond acceptors (Lipinski definition) is 8. The minimum Gasteiger partial charge on any atom is -0.381 e. The molecule has 3 N–H and O–H groups in total. The number of piperazine rings is 1. The van der Waals surface area contributed by atoms with Crippen molar-refractivity contribution in [3.05, 3.63) is 42.0 Å². The summed E-state index contributed by atoms with van der Waals surface area (Å²) in [6.07, 6.45) is 6.58. The van der Waals surface area contributed by atoms with E-state index in [1.54, 1.807) is 0 Å². The van der Waals surface area contributed by atoms with Crippen LogP contribution in [0.15, 0.2) is 24.8 Å². The van der Waals surface area contributed by atoms with Gasteiger partial charge < -0.3 is 20.7 Å². The average molecular weight is 458 g/mol. The Morgan fingerprint density at radius 2 is 1.88 bits per heavy atom. The third-order valence-electron chi connectivity index (χ3n) is 6.15. The maximum atomic E-state index is 14.9. The first-order valence-corrected chi connectivity index (χ1v) is 10.8. The molecule has 0 bridgehead atoms. The van der Waals surface area contributed by atoms with E-state index in [0.29, 0.717) is 19.1 Å². The van der Waals surface area contributed by atoms with Crippen LogP contribution in [-0.4, -0.2) is 75.8 Å². The molecule has 2 aliphatic rings. The molecule has 10 nitrogen and oxygen atoms in total. The summed E-state index contributed by atoms with van der Waals surface area (Å²) in [6.45, 7) is 4.34. The maximum Gasteiger partial charge on any atom is 0.263 e. The Hall–Kier alpha value is -3.38. The topological polar surface area (TPSA) is 114 Å². The van der Waals surface area contributed by atoms with E-state index in [0.717, 1.165) is 62.3 Å². The number of aromatic nitrogens is 4. The molecule has 174 valence electrons. The Balaban J connectivity index is 1.36. The van der Waals surface area contributed by atoms with E-state index in [1.165, 1.54) is 6.20 Å². The number of amides is 1. The molecule has 0 saturated carbocycles. The zero-order valence-corrected chi connectivity index (χ0v) is 17.9. The molecule has 0 atom stereocenters. The Morgan fingerprint density at radius 1 is 1.12 bits per heavy atom. The molecule has 5 heterocycles. The minimum absolute atomic E-state index is 0.0189. The number of hydrogen-bond donors (Lipinski definition) is 2. The van der Waals surface area contributed by atoms with Gasteiger partial charge in [0.05, 0.1) is 30.5 Å². The fourth-order valence-corrected chi connectivity index (χ4v) is 4.53. The van der Waals surface area contributed by atoms with Gasteiger partial charge >= 0.3 is 0 Å². The molecule has 3 aromatic heterocycles. The number of anilines is 3. The number of pyridine rings is 1. The fraction of sp³-hybridized carbons (Fsp3) is 0.429. The van der Waals surface area contributed by atoms with Crippen molar-refractivity contribution in [3.8, 4) is 0 Å². The first-order valence-electron chi connectivity index (χ1n) is 10.8. The third-order valence-corrected chi connectivity index (χ3v) is 6.15. The molecule has 2 aliphatic heterocycles. The molecule has 0 unspecified atom stereocenters. The Labute approximate surface area is 188 Å². The molecule has 1 amide bonds. The number of nitrogen functional groups attached to an aromatic ring is 1. The predicted molar refractivity (Wildman–Crippen MR) is 117 cm³/mol. The van der Waals surface area contributed by atoms with Crippen molar-refractivity contribution in [1.29, 1.82) is 0 Å². The van der Waals surface area contributed by atoms with Crippen LogP contribution in [0.25, 0.3) is 5.65 Å². The van der Waals surface area contributed by atoms with Crippen LogP contribution < -0.4 is 16.0 Å². The smallest absolute Gasteiger partial charge is 0.263 e. The van der Waals surface area contributed by atoms with Crippen molar-refractivity contribution in [1.82, 2.24) is 24.5 Å². The highest BCUT2D eigenvalue weighted by Crippen LogP contribution is 2.31. The van der Waals surface area contributed by atoms with Crippen LogP contribution in [0.4, 0.5) is 26.0 Å². The monoisotopic (exact) mass is 458 g/mol. The van der Waals surface area contributed by atoms with Gasteiger partial charge in [-0.25, -0.2) is 18.3 Å². The molecule has 2 saturated heterocycles. The van der Waals surface area contributed by atoms with Crippen molar-refractivity contribution in [2.24, 2.45) is 0 Å². The number of rotatable bonds is 4. The van der Waals surface area contributed by atoms with Crippen LogP contribution in [0.3, 0.4) is 0 Å². The summed E-state index contributed by atoms with van der Waals surface area (Å²) in [5.41, 5.74) is 6.47. The van der Waals surface area contributed by atoms with Crippen LogP contribution >= 0.6 is 0 Å². The second-order valence-corrected chi connectivity index (χ2v) is 8.14. The second kappa shape index (κ2) is 8.87. The lowest BCUT2D eigenvalue weighted by Gasteiger charge is -2.41. The van der Waals surface area contributed by atoms with Crippen molar-refractivity contribution in [2.75, 3.05) is 55.3 Å². The molecule has 12 heteroatoms. The number of carbonyl (C=O) groups excluding carboxylic acids is 1. The molecular weight excluding hydrogens is 434 g/mol. The maximum absolute atomic E-state index is 14.9. The summed E-state index contributed by atoms with van der Waals surface area (Å²) < 4.78 is 34.9. The quantitative estimate of drug-likeness (QED) is 0.605. The van der Waals surface area contributed by atoms with E-state index in [4.69, 9.17) is 10.5 Å². The van der Waals surface area contributed by atoms with Crippen LogP contribution in [0.5, 0.6) is 0 Å². The van der Waals surface area contributed by atoms with E-state index >= 15 is 0 Å². The van der Waals surface area contributed by atoms with Gasteiger partial charge in [0.25, 0.3) is 5.91 Å². The van der Waals surface area contributed by atoms with Gasteiger partial charge in [0.15, 0.2) is 23.1 Å². The van der Waals surface area contributed by atoms with Gasteiger partial charge in [-0.3, -0.25) is 14.7 Å². The molecule has 3 aromatic rings. The standard InChI is InChI=1S/C21H24F2N8O2/c22-13-9-26-20-17(19(24)28-31(20)12-13)21(32)27-16-11-25-10-15(23)18(16)30-5-3-29(4-6-30)14-1-7-33-8-2-14/h9-12,14H,1-8H2,(H2,24,28)(H,27,32). The number of halogens is 2. The van der Waals surface area contributed by atoms with E-state index in [9.17, 15) is 13.6 Å². The van der Waals surface area contributed by atoms with Crippen molar-refractivity contribution < 1.29 is 18.3 Å². The first-order chi connectivity index (χ1) is 16.0. The molecule has 0 aromatic carbocycles. The number of nitrogens with zero attached hydrogens (tertiary/aromatic N) is 6. The van der Waals surface area contributed by atoms with Crippen molar-refractivity contribution >= 4 is 28.7 Å². The molecule has 33 heavy (non-hydrogen) atoms. The summed E-state index contributed by atoms with van der Waals surface area (Å²) >= 11 is 0. The van der Waals surface area contributed by atoms with Crippen LogP contribution in [0, 0.1) is 11.6 Å². The highest BCUT2D eigenvalue weighted by molar-refractivity contribution is 6.12. The first kappa shape index (κ1) is 21.5. The number of carbonyl (C=O) groups is 1. The zero-order valence-electron chi connectivity index (χ0n) is 17.9. The number of ether oxygens (including phenoxy) is 1. The van der Waals surface area contributed by atoms with Gasteiger partial charge in [0.1, 0.15) is 11.3 Å². The van der Waals surface area contributed by atoms with E-state index < -0.39 is 17.5 Å². The van der Waals surface area contributed by atoms with Crippen LogP contribution in [-0.2, 0) is 4.74 Å². The van der Waals surface area contributed by atoms with Gasteiger partial charge in [-0.05, 0) is 12.8 Å². The summed E-state index contributed by atoms with van der Waals surface area (Å²) in [7, 11) is 0. The summed E-state index contributed by atoms with van der Waals surface area (Å²) in [5.74, 6) is -1.88. The lowest BCUT2D eigenvalue weighted by atomic mass is 10.1. The summed E-state index contributed by atoms with van der Waals surface area (Å²) in [5, 5.41) is 6.63. The summed E-state index contributed by atoms with van der Waals surface area (Å²) in [4.78, 5) is 25.2. The van der Waals surface area contributed by atoms with Crippen molar-refractivity contribution in [2.45, 2.75) is 18.9 Å². The van der Waals surface area contributed by atoms with Gasteiger partial charge in [0, 0.05) is 45.4 Å². The SMILES string of the molecule is Nc1nn2cc(F)cnc2c1C(=O)Nc1cncc(F)c1N1CCN(C2CCOCC2)CC1. The van der Waals surface area contributed by atoms with Crippen LogP contribution in [0.2, 0.25) is 0 Å². The van der Waals surface area contributed by atoms with Crippen molar-refractivity contribution in [3.63, 3.8) is 0 Å². The number of fused-ring (bicyclic) bond motifs is 1. The molecule has 0 aliphatic carbocycles. The second-order valence-electron chi connectivity index (χ2n) is 8.14. The minimum atomic E-state index is -0.629. The largest absolute Gasteiger partial charge is 0.381 e. The average Bonchev–Trinajstić information content (AvgIpc) is 3.15. The zero-order chi connectivity index (χ0) is 22.9. The summed E-state index contributed by atoms with van der Waals surface area (Å²) in [6, 6.07) is 0.485. The molecule has 0 radical (unpaired) electrons.